The molecule has 0 saturated heterocycles. The van der Waals surface area contributed by atoms with Crippen molar-refractivity contribution in [2.24, 2.45) is 5.73 Å². The molecule has 0 aliphatic rings. The van der Waals surface area contributed by atoms with Crippen LogP contribution in [0.5, 0.6) is 0 Å². The SMILES string of the molecule is NCc1cccc(Cn2ccnc2-c2ccccc2Cl)c1. The molecule has 2 N–H and O–H groups in total. The Morgan fingerprint density at radius 2 is 1.86 bits per heavy atom. The zero-order chi connectivity index (χ0) is 14.7. The number of halogens is 1. The van der Waals surface area contributed by atoms with Crippen LogP contribution >= 0.6 is 11.6 Å². The Balaban J connectivity index is 1.94. The standard InChI is InChI=1S/C17H16ClN3/c18-16-7-2-1-6-15(16)17-20-8-9-21(17)12-14-5-3-4-13(10-14)11-19/h1-10H,11-12,19H2. The molecule has 3 aromatic rings. The largest absolute Gasteiger partial charge is 0.327 e. The van der Waals surface area contributed by atoms with Gasteiger partial charge in [-0.1, -0.05) is 48.0 Å². The normalized spacial score (nSPS) is 10.8. The first kappa shape index (κ1) is 13.9. The lowest BCUT2D eigenvalue weighted by molar-refractivity contribution is 0.805. The van der Waals surface area contributed by atoms with Gasteiger partial charge in [0.05, 0.1) is 5.02 Å². The van der Waals surface area contributed by atoms with Crippen LogP contribution in [0.15, 0.2) is 60.9 Å². The fraction of sp³-hybridized carbons (Fsp3) is 0.118. The summed E-state index contributed by atoms with van der Waals surface area (Å²) in [6.45, 7) is 1.30. The molecule has 0 unspecified atom stereocenters. The minimum absolute atomic E-state index is 0.551. The van der Waals surface area contributed by atoms with Crippen LogP contribution < -0.4 is 5.73 Å². The third kappa shape index (κ3) is 2.99. The molecule has 0 aliphatic carbocycles. The van der Waals surface area contributed by atoms with Gasteiger partial charge in [-0.25, -0.2) is 4.98 Å². The zero-order valence-electron chi connectivity index (χ0n) is 11.5. The predicted molar refractivity (Wildman–Crippen MR) is 86.1 cm³/mol. The lowest BCUT2D eigenvalue weighted by Crippen LogP contribution is -2.03. The Bertz CT molecular complexity index is 749. The molecular weight excluding hydrogens is 282 g/mol. The monoisotopic (exact) mass is 297 g/mol. The lowest BCUT2D eigenvalue weighted by atomic mass is 10.1. The van der Waals surface area contributed by atoms with Gasteiger partial charge in [0.15, 0.2) is 0 Å². The smallest absolute Gasteiger partial charge is 0.141 e. The average Bonchev–Trinajstić information content (AvgIpc) is 2.96. The molecule has 1 aromatic heterocycles. The quantitative estimate of drug-likeness (QED) is 0.798. The number of aromatic nitrogens is 2. The van der Waals surface area contributed by atoms with Gasteiger partial charge in [0, 0.05) is 31.0 Å². The number of nitrogens with two attached hydrogens (primary N) is 1. The van der Waals surface area contributed by atoms with Crippen LogP contribution in [0.2, 0.25) is 5.02 Å². The van der Waals surface area contributed by atoms with Gasteiger partial charge in [-0.05, 0) is 23.3 Å². The van der Waals surface area contributed by atoms with E-state index in [0.717, 1.165) is 23.5 Å². The fourth-order valence-electron chi connectivity index (χ4n) is 2.38. The van der Waals surface area contributed by atoms with E-state index in [2.05, 4.69) is 21.7 Å². The van der Waals surface area contributed by atoms with Crippen molar-refractivity contribution < 1.29 is 0 Å². The molecule has 0 saturated carbocycles. The van der Waals surface area contributed by atoms with Crippen molar-refractivity contribution in [3.05, 3.63) is 77.1 Å². The van der Waals surface area contributed by atoms with Gasteiger partial charge < -0.3 is 10.3 Å². The van der Waals surface area contributed by atoms with Gasteiger partial charge in [-0.3, -0.25) is 0 Å². The Morgan fingerprint density at radius 1 is 1.05 bits per heavy atom. The second-order valence-corrected chi connectivity index (χ2v) is 5.29. The van der Waals surface area contributed by atoms with Gasteiger partial charge in [0.25, 0.3) is 0 Å². The molecule has 0 spiro atoms. The number of hydrogen-bond acceptors (Lipinski definition) is 2. The van der Waals surface area contributed by atoms with Crippen LogP contribution in [0.25, 0.3) is 11.4 Å². The van der Waals surface area contributed by atoms with E-state index < -0.39 is 0 Å². The molecule has 0 radical (unpaired) electrons. The maximum absolute atomic E-state index is 6.27. The van der Waals surface area contributed by atoms with Crippen LogP contribution in [-0.4, -0.2) is 9.55 Å². The molecule has 3 nitrogen and oxygen atoms in total. The number of benzene rings is 2. The molecule has 1 heterocycles. The predicted octanol–water partition coefficient (Wildman–Crippen LogP) is 3.71. The second kappa shape index (κ2) is 6.12. The number of rotatable bonds is 4. The summed E-state index contributed by atoms with van der Waals surface area (Å²) in [6.07, 6.45) is 3.76. The highest BCUT2D eigenvalue weighted by atomic mass is 35.5. The molecule has 0 aliphatic heterocycles. The van der Waals surface area contributed by atoms with E-state index in [0.29, 0.717) is 11.6 Å². The number of hydrogen-bond donors (Lipinski definition) is 1. The van der Waals surface area contributed by atoms with Crippen LogP contribution in [0, 0.1) is 0 Å². The summed E-state index contributed by atoms with van der Waals surface area (Å²) in [4.78, 5) is 4.44. The van der Waals surface area contributed by atoms with E-state index >= 15 is 0 Å². The van der Waals surface area contributed by atoms with Crippen molar-refractivity contribution in [3.63, 3.8) is 0 Å². The molecular formula is C17H16ClN3. The Morgan fingerprint density at radius 3 is 2.67 bits per heavy atom. The lowest BCUT2D eigenvalue weighted by Gasteiger charge is -2.10. The van der Waals surface area contributed by atoms with Gasteiger partial charge in [0.2, 0.25) is 0 Å². The van der Waals surface area contributed by atoms with Crippen LogP contribution in [0.3, 0.4) is 0 Å². The molecule has 0 bridgehead atoms. The van der Waals surface area contributed by atoms with E-state index in [1.165, 1.54) is 5.56 Å². The summed E-state index contributed by atoms with van der Waals surface area (Å²) in [5.41, 5.74) is 8.97. The highest BCUT2D eigenvalue weighted by Crippen LogP contribution is 2.26. The van der Waals surface area contributed by atoms with E-state index in [9.17, 15) is 0 Å². The minimum Gasteiger partial charge on any atom is -0.327 e. The van der Waals surface area contributed by atoms with Crippen LogP contribution in [0.1, 0.15) is 11.1 Å². The maximum atomic E-state index is 6.27. The molecule has 106 valence electrons. The highest BCUT2D eigenvalue weighted by molar-refractivity contribution is 6.33. The average molecular weight is 298 g/mol. The molecule has 0 fully saturated rings. The summed E-state index contributed by atoms with van der Waals surface area (Å²) in [5.74, 6) is 0.874. The summed E-state index contributed by atoms with van der Waals surface area (Å²) < 4.78 is 2.09. The van der Waals surface area contributed by atoms with E-state index in [1.54, 1.807) is 6.20 Å². The maximum Gasteiger partial charge on any atom is 0.141 e. The first-order valence-electron chi connectivity index (χ1n) is 6.82. The minimum atomic E-state index is 0.551. The van der Waals surface area contributed by atoms with E-state index in [-0.39, 0.29) is 0 Å². The highest BCUT2D eigenvalue weighted by Gasteiger charge is 2.09. The summed E-state index contributed by atoms with van der Waals surface area (Å²) in [5, 5.41) is 0.709. The molecule has 4 heteroatoms. The summed E-state index contributed by atoms with van der Waals surface area (Å²) >= 11 is 6.27. The molecule has 0 amide bonds. The second-order valence-electron chi connectivity index (χ2n) is 4.88. The molecule has 21 heavy (non-hydrogen) atoms. The Kier molecular flexibility index (Phi) is 4.04. The first-order chi connectivity index (χ1) is 10.3. The van der Waals surface area contributed by atoms with Gasteiger partial charge in [0.1, 0.15) is 5.82 Å². The number of imidazole rings is 1. The summed E-state index contributed by atoms with van der Waals surface area (Å²) in [6, 6.07) is 16.0. The fourth-order valence-corrected chi connectivity index (χ4v) is 2.60. The zero-order valence-corrected chi connectivity index (χ0v) is 12.3. The van der Waals surface area contributed by atoms with Gasteiger partial charge >= 0.3 is 0 Å². The van der Waals surface area contributed by atoms with E-state index in [4.69, 9.17) is 17.3 Å². The first-order valence-corrected chi connectivity index (χ1v) is 7.19. The van der Waals surface area contributed by atoms with Crippen molar-refractivity contribution in [1.82, 2.24) is 9.55 Å². The van der Waals surface area contributed by atoms with Gasteiger partial charge in [-0.2, -0.15) is 0 Å². The van der Waals surface area contributed by atoms with E-state index in [1.807, 2.05) is 42.6 Å². The van der Waals surface area contributed by atoms with Crippen molar-refractivity contribution in [3.8, 4) is 11.4 Å². The third-order valence-electron chi connectivity index (χ3n) is 3.41. The van der Waals surface area contributed by atoms with Crippen molar-refractivity contribution >= 4 is 11.6 Å². The molecule has 0 atom stereocenters. The third-order valence-corrected chi connectivity index (χ3v) is 3.74. The van der Waals surface area contributed by atoms with Crippen molar-refractivity contribution in [2.45, 2.75) is 13.1 Å². The topological polar surface area (TPSA) is 43.8 Å². The Hall–Kier alpha value is -2.10. The molecule has 2 aromatic carbocycles. The van der Waals surface area contributed by atoms with Crippen molar-refractivity contribution in [2.75, 3.05) is 0 Å². The molecule has 3 rings (SSSR count). The van der Waals surface area contributed by atoms with Gasteiger partial charge in [-0.15, -0.1) is 0 Å². The van der Waals surface area contributed by atoms with Crippen LogP contribution in [0.4, 0.5) is 0 Å². The van der Waals surface area contributed by atoms with Crippen molar-refractivity contribution in [1.29, 1.82) is 0 Å². The summed E-state index contributed by atoms with van der Waals surface area (Å²) in [7, 11) is 0. The van der Waals surface area contributed by atoms with Crippen LogP contribution in [-0.2, 0) is 13.1 Å². The Labute approximate surface area is 129 Å². The number of nitrogens with zero attached hydrogens (tertiary/aromatic N) is 2.